The fraction of sp³-hybridized carbons (Fsp3) is 0.417. The van der Waals surface area contributed by atoms with E-state index in [0.717, 1.165) is 0 Å². The highest BCUT2D eigenvalue weighted by Gasteiger charge is 2.14. The summed E-state index contributed by atoms with van der Waals surface area (Å²) >= 11 is 0. The normalized spacial score (nSPS) is 12.1. The molecule has 1 aromatic carbocycles. The Hall–Kier alpha value is -1.75. The Labute approximate surface area is 100 Å². The van der Waals surface area contributed by atoms with Crippen molar-refractivity contribution in [3.05, 3.63) is 23.8 Å². The lowest BCUT2D eigenvalue weighted by Crippen LogP contribution is -2.35. The highest BCUT2D eigenvalue weighted by Crippen LogP contribution is 2.21. The number of phenols is 2. The second kappa shape index (κ2) is 6.10. The topological polar surface area (TPSA) is 78.8 Å². The lowest BCUT2D eigenvalue weighted by atomic mass is 10.1. The number of hydrogen-bond acceptors (Lipinski definition) is 4. The summed E-state index contributed by atoms with van der Waals surface area (Å²) in [5, 5.41) is 21.4. The van der Waals surface area contributed by atoms with Crippen LogP contribution in [0.5, 0.6) is 11.5 Å². The van der Waals surface area contributed by atoms with E-state index in [-0.39, 0.29) is 23.1 Å². The Bertz CT molecular complexity index is 392. The van der Waals surface area contributed by atoms with Gasteiger partial charge in [0.05, 0.1) is 12.2 Å². The Morgan fingerprint density at radius 3 is 2.82 bits per heavy atom. The van der Waals surface area contributed by atoms with E-state index in [9.17, 15) is 15.0 Å². The van der Waals surface area contributed by atoms with E-state index in [2.05, 4.69) is 5.32 Å². The van der Waals surface area contributed by atoms with Gasteiger partial charge in [-0.3, -0.25) is 4.79 Å². The van der Waals surface area contributed by atoms with Gasteiger partial charge in [0.2, 0.25) is 0 Å². The Morgan fingerprint density at radius 1 is 1.47 bits per heavy atom. The monoisotopic (exact) mass is 239 g/mol. The van der Waals surface area contributed by atoms with Crippen LogP contribution in [0.4, 0.5) is 0 Å². The average Bonchev–Trinajstić information content (AvgIpc) is 2.29. The fourth-order valence-corrected chi connectivity index (χ4v) is 1.34. The summed E-state index contributed by atoms with van der Waals surface area (Å²) in [6, 6.07) is 3.65. The first-order valence-corrected chi connectivity index (χ1v) is 5.45. The van der Waals surface area contributed by atoms with Gasteiger partial charge in [0.25, 0.3) is 5.91 Å². The van der Waals surface area contributed by atoms with Crippen LogP contribution in [0.15, 0.2) is 18.2 Å². The summed E-state index contributed by atoms with van der Waals surface area (Å²) in [4.78, 5) is 11.8. The molecule has 0 aliphatic rings. The molecule has 0 aliphatic carbocycles. The van der Waals surface area contributed by atoms with Gasteiger partial charge < -0.3 is 20.3 Å². The Balaban J connectivity index is 2.66. The molecule has 1 atom stereocenters. The van der Waals surface area contributed by atoms with Crippen molar-refractivity contribution in [2.75, 3.05) is 13.2 Å². The zero-order valence-corrected chi connectivity index (χ0v) is 9.93. The standard InChI is InChI=1S/C12H17NO4/c1-3-17-7-8(2)13-12(16)10-6-9(14)4-5-11(10)15/h4-6,8,14-15H,3,7H2,1-2H3,(H,13,16). The van der Waals surface area contributed by atoms with Gasteiger partial charge in [0.15, 0.2) is 0 Å². The molecule has 1 rings (SSSR count). The van der Waals surface area contributed by atoms with Crippen LogP contribution in [0.3, 0.4) is 0 Å². The molecule has 1 aromatic rings. The molecule has 0 bridgehead atoms. The Morgan fingerprint density at radius 2 is 2.18 bits per heavy atom. The number of nitrogens with one attached hydrogen (secondary N) is 1. The van der Waals surface area contributed by atoms with E-state index in [1.165, 1.54) is 18.2 Å². The minimum atomic E-state index is -0.439. The quantitative estimate of drug-likeness (QED) is 0.676. The predicted molar refractivity (Wildman–Crippen MR) is 63.2 cm³/mol. The summed E-state index contributed by atoms with van der Waals surface area (Å²) < 4.78 is 5.16. The van der Waals surface area contributed by atoms with Crippen molar-refractivity contribution in [1.29, 1.82) is 0 Å². The van der Waals surface area contributed by atoms with Crippen molar-refractivity contribution < 1.29 is 19.7 Å². The third kappa shape index (κ3) is 3.96. The molecule has 0 aromatic heterocycles. The molecule has 0 saturated carbocycles. The number of carbonyl (C=O) groups is 1. The molecule has 94 valence electrons. The highest BCUT2D eigenvalue weighted by molar-refractivity contribution is 5.97. The number of rotatable bonds is 5. The smallest absolute Gasteiger partial charge is 0.255 e. The largest absolute Gasteiger partial charge is 0.508 e. The molecule has 5 nitrogen and oxygen atoms in total. The maximum absolute atomic E-state index is 11.8. The molecule has 0 radical (unpaired) electrons. The van der Waals surface area contributed by atoms with Gasteiger partial charge in [-0.25, -0.2) is 0 Å². The second-order valence-corrected chi connectivity index (χ2v) is 3.74. The van der Waals surface area contributed by atoms with Gasteiger partial charge >= 0.3 is 0 Å². The number of ether oxygens (including phenoxy) is 1. The number of hydrogen-bond donors (Lipinski definition) is 3. The van der Waals surface area contributed by atoms with Gasteiger partial charge in [-0.1, -0.05) is 0 Å². The Kier molecular flexibility index (Phi) is 4.78. The summed E-state index contributed by atoms with van der Waals surface area (Å²) in [6.07, 6.45) is 0. The van der Waals surface area contributed by atoms with Crippen LogP contribution in [0.1, 0.15) is 24.2 Å². The van der Waals surface area contributed by atoms with E-state index in [1.54, 1.807) is 6.92 Å². The van der Waals surface area contributed by atoms with E-state index in [1.807, 2.05) is 6.92 Å². The number of amides is 1. The van der Waals surface area contributed by atoms with Gasteiger partial charge in [-0.15, -0.1) is 0 Å². The van der Waals surface area contributed by atoms with Crippen molar-refractivity contribution in [2.45, 2.75) is 19.9 Å². The summed E-state index contributed by atoms with van der Waals surface area (Å²) in [5.41, 5.74) is 0.0494. The van der Waals surface area contributed by atoms with Crippen LogP contribution >= 0.6 is 0 Å². The van der Waals surface area contributed by atoms with Gasteiger partial charge in [0.1, 0.15) is 11.5 Å². The predicted octanol–water partition coefficient (Wildman–Crippen LogP) is 1.25. The van der Waals surface area contributed by atoms with Crippen LogP contribution in [-0.4, -0.2) is 35.4 Å². The van der Waals surface area contributed by atoms with Gasteiger partial charge in [0, 0.05) is 12.6 Å². The first-order valence-electron chi connectivity index (χ1n) is 5.45. The molecule has 1 amide bonds. The lowest BCUT2D eigenvalue weighted by molar-refractivity contribution is 0.0869. The maximum Gasteiger partial charge on any atom is 0.255 e. The first kappa shape index (κ1) is 13.3. The molecular weight excluding hydrogens is 222 g/mol. The third-order valence-corrected chi connectivity index (χ3v) is 2.17. The summed E-state index contributed by atoms with van der Waals surface area (Å²) in [6.45, 7) is 4.66. The second-order valence-electron chi connectivity index (χ2n) is 3.74. The lowest BCUT2D eigenvalue weighted by Gasteiger charge is -2.14. The molecule has 3 N–H and O–H groups in total. The van der Waals surface area contributed by atoms with Crippen LogP contribution in [0, 0.1) is 0 Å². The molecule has 0 spiro atoms. The number of aromatic hydroxyl groups is 2. The highest BCUT2D eigenvalue weighted by atomic mass is 16.5. The molecular formula is C12H17NO4. The van der Waals surface area contributed by atoms with Crippen LogP contribution in [0.25, 0.3) is 0 Å². The minimum Gasteiger partial charge on any atom is -0.508 e. The van der Waals surface area contributed by atoms with Crippen molar-refractivity contribution in [3.8, 4) is 11.5 Å². The minimum absolute atomic E-state index is 0.0494. The number of benzene rings is 1. The molecule has 0 fully saturated rings. The zero-order chi connectivity index (χ0) is 12.8. The van der Waals surface area contributed by atoms with E-state index >= 15 is 0 Å². The van der Waals surface area contributed by atoms with Crippen molar-refractivity contribution in [1.82, 2.24) is 5.32 Å². The van der Waals surface area contributed by atoms with Crippen LogP contribution in [-0.2, 0) is 4.74 Å². The van der Waals surface area contributed by atoms with Gasteiger partial charge in [-0.2, -0.15) is 0 Å². The number of carbonyl (C=O) groups excluding carboxylic acids is 1. The van der Waals surface area contributed by atoms with Crippen molar-refractivity contribution in [2.24, 2.45) is 0 Å². The molecule has 0 saturated heterocycles. The van der Waals surface area contributed by atoms with E-state index < -0.39 is 5.91 Å². The van der Waals surface area contributed by atoms with Crippen LogP contribution in [0.2, 0.25) is 0 Å². The molecule has 0 aliphatic heterocycles. The van der Waals surface area contributed by atoms with E-state index in [4.69, 9.17) is 4.74 Å². The summed E-state index contributed by atoms with van der Waals surface area (Å²) in [5.74, 6) is -0.667. The summed E-state index contributed by atoms with van der Waals surface area (Å²) in [7, 11) is 0. The molecule has 0 heterocycles. The SMILES string of the molecule is CCOCC(C)NC(=O)c1cc(O)ccc1O. The maximum atomic E-state index is 11.8. The van der Waals surface area contributed by atoms with Crippen molar-refractivity contribution in [3.63, 3.8) is 0 Å². The number of phenolic OH excluding ortho intramolecular Hbond substituents is 2. The average molecular weight is 239 g/mol. The first-order chi connectivity index (χ1) is 8.04. The molecule has 17 heavy (non-hydrogen) atoms. The van der Waals surface area contributed by atoms with Crippen molar-refractivity contribution >= 4 is 5.91 Å². The molecule has 5 heteroatoms. The van der Waals surface area contributed by atoms with Gasteiger partial charge in [-0.05, 0) is 32.0 Å². The van der Waals surface area contributed by atoms with E-state index in [0.29, 0.717) is 13.2 Å². The molecule has 1 unspecified atom stereocenters. The third-order valence-electron chi connectivity index (χ3n) is 2.17. The zero-order valence-electron chi connectivity index (χ0n) is 9.93. The fourth-order valence-electron chi connectivity index (χ4n) is 1.34. The van der Waals surface area contributed by atoms with Crippen LogP contribution < -0.4 is 5.32 Å².